The van der Waals surface area contributed by atoms with E-state index < -0.39 is 5.60 Å². The Morgan fingerprint density at radius 3 is 2.77 bits per heavy atom. The van der Waals surface area contributed by atoms with Gasteiger partial charge in [0.2, 0.25) is 0 Å². The van der Waals surface area contributed by atoms with Gasteiger partial charge in [-0.2, -0.15) is 0 Å². The number of nitrogens with zero attached hydrogens (tertiary/aromatic N) is 1. The summed E-state index contributed by atoms with van der Waals surface area (Å²) >= 11 is 0. The van der Waals surface area contributed by atoms with Crippen LogP contribution in [0, 0.1) is 5.41 Å². The lowest BCUT2D eigenvalue weighted by Crippen LogP contribution is -2.50. The summed E-state index contributed by atoms with van der Waals surface area (Å²) in [5.74, 6) is 0.436. The normalized spacial score (nSPS) is 23.4. The van der Waals surface area contributed by atoms with Gasteiger partial charge in [-0.3, -0.25) is 0 Å². The summed E-state index contributed by atoms with van der Waals surface area (Å²) in [7, 11) is 0. The van der Waals surface area contributed by atoms with Crippen molar-refractivity contribution in [3.63, 3.8) is 0 Å². The van der Waals surface area contributed by atoms with Gasteiger partial charge in [-0.05, 0) is 63.6 Å². The van der Waals surface area contributed by atoms with Crippen molar-refractivity contribution in [3.05, 3.63) is 29.3 Å². The van der Waals surface area contributed by atoms with E-state index in [0.717, 1.165) is 31.4 Å². The van der Waals surface area contributed by atoms with Gasteiger partial charge in [0.05, 0.1) is 12.1 Å². The summed E-state index contributed by atoms with van der Waals surface area (Å²) in [6.45, 7) is 7.19. The van der Waals surface area contributed by atoms with Crippen molar-refractivity contribution >= 4 is 12.1 Å². The zero-order chi connectivity index (χ0) is 18.5. The quantitative estimate of drug-likeness (QED) is 0.756. The zero-order valence-corrected chi connectivity index (χ0v) is 15.5. The molecule has 140 valence electrons. The first kappa shape index (κ1) is 17.2. The number of cyclic esters (lactones) is 1. The Bertz CT molecular complexity index is 747. The van der Waals surface area contributed by atoms with E-state index in [4.69, 9.17) is 14.2 Å². The predicted molar refractivity (Wildman–Crippen MR) is 94.1 cm³/mol. The molecule has 2 heterocycles. The Labute approximate surface area is 153 Å². The summed E-state index contributed by atoms with van der Waals surface area (Å²) in [6.07, 6.45) is 2.84. The third kappa shape index (κ3) is 3.50. The SMILES string of the molecule is CC(C)(C)OC(=O)N1C[C@@H](Oc2ccc3c(c2)COC3=O)CC2(CC2)C1. The number of likely N-dealkylation sites (tertiary alicyclic amines) is 1. The monoisotopic (exact) mass is 359 g/mol. The number of ether oxygens (including phenoxy) is 3. The molecule has 1 aliphatic carbocycles. The van der Waals surface area contributed by atoms with Gasteiger partial charge >= 0.3 is 12.1 Å². The minimum atomic E-state index is -0.506. The Morgan fingerprint density at radius 1 is 1.31 bits per heavy atom. The standard InChI is InChI=1S/C20H25NO5/c1-19(2,3)26-18(23)21-10-15(9-20(12-21)6-7-20)25-14-4-5-16-13(8-14)11-24-17(16)22/h4-5,8,15H,6-7,9-12H2,1-3H3/t15-/m0/s1. The molecule has 0 N–H and O–H groups in total. The maximum atomic E-state index is 12.5. The van der Waals surface area contributed by atoms with Crippen molar-refractivity contribution in [3.8, 4) is 5.75 Å². The molecule has 1 amide bonds. The smallest absolute Gasteiger partial charge is 0.410 e. The number of carbonyl (C=O) groups excluding carboxylic acids is 2. The van der Waals surface area contributed by atoms with E-state index in [9.17, 15) is 9.59 Å². The highest BCUT2D eigenvalue weighted by Gasteiger charge is 2.50. The molecule has 0 radical (unpaired) electrons. The van der Waals surface area contributed by atoms with Crippen LogP contribution >= 0.6 is 0 Å². The van der Waals surface area contributed by atoms with Crippen molar-refractivity contribution in [1.82, 2.24) is 4.90 Å². The maximum absolute atomic E-state index is 12.5. The Morgan fingerprint density at radius 2 is 2.08 bits per heavy atom. The van der Waals surface area contributed by atoms with Crippen LogP contribution in [0.4, 0.5) is 4.79 Å². The number of esters is 1. The lowest BCUT2D eigenvalue weighted by Gasteiger charge is -2.38. The van der Waals surface area contributed by atoms with Gasteiger partial charge in [-0.25, -0.2) is 9.59 Å². The molecule has 1 aromatic rings. The fourth-order valence-corrected chi connectivity index (χ4v) is 3.79. The zero-order valence-electron chi connectivity index (χ0n) is 15.5. The van der Waals surface area contributed by atoms with Gasteiger partial charge in [0, 0.05) is 12.1 Å². The van der Waals surface area contributed by atoms with Crippen molar-refractivity contribution in [1.29, 1.82) is 0 Å². The van der Waals surface area contributed by atoms with Gasteiger partial charge in [0.25, 0.3) is 0 Å². The molecule has 26 heavy (non-hydrogen) atoms. The first-order valence-corrected chi connectivity index (χ1v) is 9.18. The molecule has 6 heteroatoms. The molecule has 1 saturated heterocycles. The number of hydrogen-bond acceptors (Lipinski definition) is 5. The molecule has 0 bridgehead atoms. The molecule has 0 aromatic heterocycles. The lowest BCUT2D eigenvalue weighted by atomic mass is 9.93. The molecule has 3 aliphatic rings. The number of rotatable bonds is 2. The lowest BCUT2D eigenvalue weighted by molar-refractivity contribution is -0.00586. The van der Waals surface area contributed by atoms with Crippen LogP contribution in [0.25, 0.3) is 0 Å². The van der Waals surface area contributed by atoms with E-state index >= 15 is 0 Å². The number of piperidine rings is 1. The average molecular weight is 359 g/mol. The van der Waals surface area contributed by atoms with E-state index in [1.807, 2.05) is 26.8 Å². The average Bonchev–Trinajstić information content (AvgIpc) is 3.18. The van der Waals surface area contributed by atoms with Gasteiger partial charge in [0.1, 0.15) is 24.1 Å². The molecular formula is C20H25NO5. The highest BCUT2D eigenvalue weighted by atomic mass is 16.6. The van der Waals surface area contributed by atoms with Crippen molar-refractivity contribution in [2.75, 3.05) is 13.1 Å². The molecule has 6 nitrogen and oxygen atoms in total. The van der Waals surface area contributed by atoms with Crippen LogP contribution in [0.1, 0.15) is 56.0 Å². The van der Waals surface area contributed by atoms with Crippen LogP contribution in [0.2, 0.25) is 0 Å². The molecule has 1 aromatic carbocycles. The fourth-order valence-electron chi connectivity index (χ4n) is 3.79. The number of carbonyl (C=O) groups is 2. The van der Waals surface area contributed by atoms with Crippen LogP contribution in [0.5, 0.6) is 5.75 Å². The predicted octanol–water partition coefficient (Wildman–Crippen LogP) is 3.53. The minimum Gasteiger partial charge on any atom is -0.489 e. The molecule has 2 fully saturated rings. The summed E-state index contributed by atoms with van der Waals surface area (Å²) in [4.78, 5) is 25.9. The summed E-state index contributed by atoms with van der Waals surface area (Å²) in [5.41, 5.74) is 1.13. The van der Waals surface area contributed by atoms with Crippen LogP contribution in [0.15, 0.2) is 18.2 Å². The Kier molecular flexibility index (Phi) is 3.90. The van der Waals surface area contributed by atoms with E-state index in [1.165, 1.54) is 0 Å². The van der Waals surface area contributed by atoms with E-state index in [2.05, 4.69) is 0 Å². The van der Waals surface area contributed by atoms with Gasteiger partial charge in [0.15, 0.2) is 0 Å². The van der Waals surface area contributed by atoms with Gasteiger partial charge in [-0.1, -0.05) is 0 Å². The topological polar surface area (TPSA) is 65.1 Å². The number of hydrogen-bond donors (Lipinski definition) is 0. The molecule has 4 rings (SSSR count). The van der Waals surface area contributed by atoms with E-state index in [1.54, 1.807) is 17.0 Å². The molecule has 1 saturated carbocycles. The van der Waals surface area contributed by atoms with Crippen LogP contribution in [-0.2, 0) is 16.1 Å². The molecule has 1 atom stereocenters. The number of amides is 1. The van der Waals surface area contributed by atoms with Gasteiger partial charge < -0.3 is 19.1 Å². The Hall–Kier alpha value is -2.24. The highest BCUT2D eigenvalue weighted by Crippen LogP contribution is 2.52. The highest BCUT2D eigenvalue weighted by molar-refractivity contribution is 5.93. The van der Waals surface area contributed by atoms with Crippen molar-refractivity contribution in [2.24, 2.45) is 5.41 Å². The third-order valence-corrected chi connectivity index (χ3v) is 5.18. The first-order valence-electron chi connectivity index (χ1n) is 9.18. The third-order valence-electron chi connectivity index (χ3n) is 5.18. The second-order valence-electron chi connectivity index (χ2n) is 8.70. The fraction of sp³-hybridized carbons (Fsp3) is 0.600. The Balaban J connectivity index is 1.46. The van der Waals surface area contributed by atoms with Crippen LogP contribution < -0.4 is 4.74 Å². The van der Waals surface area contributed by atoms with Crippen molar-refractivity contribution < 1.29 is 23.8 Å². The minimum absolute atomic E-state index is 0.0742. The molecular weight excluding hydrogens is 334 g/mol. The summed E-state index contributed by atoms with van der Waals surface area (Å²) in [6, 6.07) is 5.42. The number of fused-ring (bicyclic) bond motifs is 1. The van der Waals surface area contributed by atoms with Crippen molar-refractivity contribution in [2.45, 2.75) is 58.3 Å². The maximum Gasteiger partial charge on any atom is 0.410 e. The second-order valence-corrected chi connectivity index (χ2v) is 8.70. The number of benzene rings is 1. The molecule has 0 unspecified atom stereocenters. The van der Waals surface area contributed by atoms with Crippen LogP contribution in [0.3, 0.4) is 0 Å². The second kappa shape index (κ2) is 5.89. The van der Waals surface area contributed by atoms with E-state index in [-0.39, 0.29) is 23.6 Å². The summed E-state index contributed by atoms with van der Waals surface area (Å²) < 4.78 is 16.8. The largest absolute Gasteiger partial charge is 0.489 e. The van der Waals surface area contributed by atoms with Gasteiger partial charge in [-0.15, -0.1) is 0 Å². The molecule has 2 aliphatic heterocycles. The van der Waals surface area contributed by atoms with Crippen LogP contribution in [-0.4, -0.2) is 41.8 Å². The molecule has 1 spiro atoms. The summed E-state index contributed by atoms with van der Waals surface area (Å²) in [5, 5.41) is 0. The first-order chi connectivity index (χ1) is 12.2. The van der Waals surface area contributed by atoms with E-state index in [0.29, 0.717) is 24.5 Å².